The number of nitrogens with zero attached hydrogens (tertiary/aromatic N) is 1. The molecule has 0 aliphatic heterocycles. The predicted octanol–water partition coefficient (Wildman–Crippen LogP) is 3.24. The molecule has 1 atom stereocenters. The lowest BCUT2D eigenvalue weighted by Gasteiger charge is -2.28. The largest absolute Gasteiger partial charge is 0.355 e. The van der Waals surface area contributed by atoms with E-state index in [-0.39, 0.29) is 5.91 Å². The molecule has 1 N–H and O–H groups in total. The van der Waals surface area contributed by atoms with Crippen molar-refractivity contribution in [1.29, 1.82) is 0 Å². The quantitative estimate of drug-likeness (QED) is 0.466. The van der Waals surface area contributed by atoms with Gasteiger partial charge in [0.2, 0.25) is 0 Å². The molecular formula is C12H17ClNO2+. The lowest BCUT2D eigenvalue weighted by Crippen LogP contribution is -2.53. The van der Waals surface area contributed by atoms with Crippen LogP contribution in [0, 0.1) is 5.41 Å². The van der Waals surface area contributed by atoms with Gasteiger partial charge in [-0.2, -0.15) is 0 Å². The topological polar surface area (TPSA) is 37.3 Å². The smallest absolute Gasteiger partial charge is 0.226 e. The Balaban J connectivity index is 3.22. The summed E-state index contributed by atoms with van der Waals surface area (Å²) in [4.78, 5) is 12.1. The average molecular weight is 243 g/mol. The first kappa shape index (κ1) is 13.2. The molecule has 1 aromatic rings. The zero-order valence-corrected chi connectivity index (χ0v) is 10.7. The van der Waals surface area contributed by atoms with Gasteiger partial charge in [0.25, 0.3) is 0 Å². The van der Waals surface area contributed by atoms with Gasteiger partial charge in [-0.25, -0.2) is 10.0 Å². The molecule has 0 aliphatic rings. The van der Waals surface area contributed by atoms with Crippen molar-refractivity contribution < 1.29 is 10.0 Å². The third kappa shape index (κ3) is 2.43. The molecule has 1 amide bonds. The maximum absolute atomic E-state index is 12.1. The lowest BCUT2D eigenvalue weighted by atomic mass is 9.94. The highest BCUT2D eigenvalue weighted by Crippen LogP contribution is 2.32. The van der Waals surface area contributed by atoms with Crippen LogP contribution in [0.2, 0.25) is 5.02 Å². The Bertz CT molecular complexity index is 408. The Morgan fingerprint density at radius 1 is 1.31 bits per heavy atom. The second-order valence-electron chi connectivity index (χ2n) is 4.97. The molecule has 0 bridgehead atoms. The van der Waals surface area contributed by atoms with E-state index in [2.05, 4.69) is 0 Å². The van der Waals surface area contributed by atoms with E-state index in [1.165, 1.54) is 7.05 Å². The number of carbonyl (C=O) groups is 1. The minimum Gasteiger partial charge on any atom is -0.226 e. The summed E-state index contributed by atoms with van der Waals surface area (Å²) in [6, 6.07) is 6.79. The summed E-state index contributed by atoms with van der Waals surface area (Å²) in [6.45, 7) is 5.29. The number of hydroxylamine groups is 2. The highest BCUT2D eigenvalue weighted by molar-refractivity contribution is 6.33. The maximum Gasteiger partial charge on any atom is 0.355 e. The fourth-order valence-corrected chi connectivity index (χ4v) is 1.87. The van der Waals surface area contributed by atoms with Crippen LogP contribution in [0.25, 0.3) is 0 Å². The van der Waals surface area contributed by atoms with E-state index >= 15 is 0 Å². The van der Waals surface area contributed by atoms with Gasteiger partial charge in [0.15, 0.2) is 5.69 Å². The Hall–Kier alpha value is -0.900. The van der Waals surface area contributed by atoms with Crippen LogP contribution in [0.4, 0.5) is 5.69 Å². The molecule has 0 saturated carbocycles. The number of hydrogen-bond acceptors (Lipinski definition) is 2. The van der Waals surface area contributed by atoms with Gasteiger partial charge in [-0.05, 0) is 26.8 Å². The number of para-hydroxylation sites is 1. The van der Waals surface area contributed by atoms with Crippen molar-refractivity contribution in [1.82, 2.24) is 4.65 Å². The van der Waals surface area contributed by atoms with E-state index in [4.69, 9.17) is 11.6 Å². The number of hydrogen-bond donors (Lipinski definition) is 1. The van der Waals surface area contributed by atoms with Crippen LogP contribution < -0.4 is 4.65 Å². The van der Waals surface area contributed by atoms with Crippen molar-refractivity contribution in [3.05, 3.63) is 29.3 Å². The Labute approximate surface area is 101 Å². The van der Waals surface area contributed by atoms with Crippen LogP contribution in [0.15, 0.2) is 24.3 Å². The Kier molecular flexibility index (Phi) is 3.43. The number of amides is 1. The molecule has 0 radical (unpaired) electrons. The van der Waals surface area contributed by atoms with Crippen molar-refractivity contribution in [2.24, 2.45) is 5.41 Å². The zero-order chi connectivity index (χ0) is 12.6. The second kappa shape index (κ2) is 4.17. The van der Waals surface area contributed by atoms with Crippen LogP contribution in [0.5, 0.6) is 0 Å². The van der Waals surface area contributed by atoms with E-state index in [9.17, 15) is 10.0 Å². The molecule has 1 rings (SSSR count). The van der Waals surface area contributed by atoms with Gasteiger partial charge in [0, 0.05) is 6.07 Å². The predicted molar refractivity (Wildman–Crippen MR) is 65.4 cm³/mol. The molecule has 0 heterocycles. The summed E-state index contributed by atoms with van der Waals surface area (Å²) < 4.78 is -0.830. The molecule has 4 heteroatoms. The molecular weight excluding hydrogens is 226 g/mol. The summed E-state index contributed by atoms with van der Waals surface area (Å²) in [6.07, 6.45) is 0. The van der Waals surface area contributed by atoms with E-state index in [1.807, 2.05) is 0 Å². The summed E-state index contributed by atoms with van der Waals surface area (Å²) >= 11 is 5.98. The van der Waals surface area contributed by atoms with Gasteiger partial charge >= 0.3 is 5.91 Å². The highest BCUT2D eigenvalue weighted by atomic mass is 35.5. The Morgan fingerprint density at radius 3 is 2.25 bits per heavy atom. The lowest BCUT2D eigenvalue weighted by molar-refractivity contribution is -0.165. The van der Waals surface area contributed by atoms with Crippen molar-refractivity contribution in [3.8, 4) is 0 Å². The van der Waals surface area contributed by atoms with Crippen LogP contribution in [-0.4, -0.2) is 18.2 Å². The van der Waals surface area contributed by atoms with Gasteiger partial charge in [0.05, 0.1) is 5.41 Å². The minimum atomic E-state index is -0.830. The summed E-state index contributed by atoms with van der Waals surface area (Å²) in [5.41, 5.74) is -0.244. The molecule has 0 saturated heterocycles. The first-order chi connectivity index (χ1) is 7.17. The van der Waals surface area contributed by atoms with Crippen LogP contribution in [0.1, 0.15) is 20.8 Å². The normalized spacial score (nSPS) is 15.6. The number of rotatable bonds is 1. The maximum atomic E-state index is 12.1. The van der Waals surface area contributed by atoms with Crippen LogP contribution in [0.3, 0.4) is 0 Å². The Morgan fingerprint density at radius 2 is 1.81 bits per heavy atom. The van der Waals surface area contributed by atoms with Crippen molar-refractivity contribution in [2.45, 2.75) is 20.8 Å². The molecule has 0 spiro atoms. The first-order valence-electron chi connectivity index (χ1n) is 5.06. The second-order valence-corrected chi connectivity index (χ2v) is 5.37. The standard InChI is InChI=1S/C12H17ClNO2/c1-12(2,3)11(15)14(4,16)10-8-6-5-7-9(10)13/h5-8,16H,1-4H3/q+1. The van der Waals surface area contributed by atoms with Gasteiger partial charge in [-0.1, -0.05) is 28.4 Å². The number of carbonyl (C=O) groups excluding carboxylic acids is 1. The molecule has 0 fully saturated rings. The van der Waals surface area contributed by atoms with Crippen molar-refractivity contribution >= 4 is 23.2 Å². The highest BCUT2D eigenvalue weighted by Gasteiger charge is 2.43. The molecule has 0 aromatic heterocycles. The monoisotopic (exact) mass is 242 g/mol. The zero-order valence-electron chi connectivity index (χ0n) is 9.99. The van der Waals surface area contributed by atoms with E-state index in [0.717, 1.165) is 0 Å². The molecule has 16 heavy (non-hydrogen) atoms. The van der Waals surface area contributed by atoms with Crippen LogP contribution >= 0.6 is 11.6 Å². The fourth-order valence-electron chi connectivity index (χ4n) is 1.57. The van der Waals surface area contributed by atoms with Crippen LogP contribution in [-0.2, 0) is 4.79 Å². The van der Waals surface area contributed by atoms with E-state index < -0.39 is 10.1 Å². The molecule has 88 valence electrons. The summed E-state index contributed by atoms with van der Waals surface area (Å²) in [5.74, 6) is -0.305. The third-order valence-electron chi connectivity index (χ3n) is 2.36. The van der Waals surface area contributed by atoms with E-state index in [0.29, 0.717) is 10.7 Å². The molecule has 3 nitrogen and oxygen atoms in total. The number of quaternary nitrogens is 1. The van der Waals surface area contributed by atoms with Gasteiger partial charge in [-0.3, -0.25) is 0 Å². The SMILES string of the molecule is CC(C)(C)C(=O)[N+](C)(O)c1ccccc1Cl. The minimum absolute atomic E-state index is 0.305. The van der Waals surface area contributed by atoms with Gasteiger partial charge < -0.3 is 0 Å². The molecule has 1 unspecified atom stereocenters. The van der Waals surface area contributed by atoms with Crippen molar-refractivity contribution in [2.75, 3.05) is 7.05 Å². The fraction of sp³-hybridized carbons (Fsp3) is 0.417. The number of halogens is 1. The van der Waals surface area contributed by atoms with Crippen molar-refractivity contribution in [3.63, 3.8) is 0 Å². The summed E-state index contributed by atoms with van der Waals surface area (Å²) in [7, 11) is 1.43. The summed E-state index contributed by atoms with van der Waals surface area (Å²) in [5, 5.41) is 10.7. The number of benzene rings is 1. The first-order valence-corrected chi connectivity index (χ1v) is 5.44. The van der Waals surface area contributed by atoms with Gasteiger partial charge in [-0.15, -0.1) is 0 Å². The average Bonchev–Trinajstić information content (AvgIpc) is 2.15. The molecule has 1 aromatic carbocycles. The third-order valence-corrected chi connectivity index (χ3v) is 2.68. The van der Waals surface area contributed by atoms with E-state index in [1.54, 1.807) is 45.0 Å². The van der Waals surface area contributed by atoms with Gasteiger partial charge in [0.1, 0.15) is 12.1 Å². The molecule has 0 aliphatic carbocycles.